The minimum atomic E-state index is -4.43. The molecule has 0 saturated carbocycles. The molecular formula is C28H26F3N4Na. The van der Waals surface area contributed by atoms with Gasteiger partial charge in [0.25, 0.3) is 0 Å². The molecule has 8 heteroatoms. The van der Waals surface area contributed by atoms with Crippen molar-refractivity contribution in [3.63, 3.8) is 0 Å². The molecule has 3 aromatic carbocycles. The first-order valence-electron chi connectivity index (χ1n) is 11.4. The molecule has 2 heterocycles. The number of benzene rings is 3. The van der Waals surface area contributed by atoms with E-state index in [2.05, 4.69) is 25.8 Å². The van der Waals surface area contributed by atoms with Crippen LogP contribution in [0.15, 0.2) is 78.9 Å². The summed E-state index contributed by atoms with van der Waals surface area (Å²) in [7, 11) is 0. The average Bonchev–Trinajstić information content (AvgIpc) is 3.42. The van der Waals surface area contributed by atoms with E-state index in [0.29, 0.717) is 29.0 Å². The van der Waals surface area contributed by atoms with Crippen molar-refractivity contribution in [1.29, 1.82) is 0 Å². The minimum absolute atomic E-state index is 0. The van der Waals surface area contributed by atoms with Crippen LogP contribution < -0.4 is 29.6 Å². The molecule has 0 amide bonds. The number of rotatable bonds is 4. The van der Waals surface area contributed by atoms with Crippen molar-refractivity contribution in [3.8, 4) is 22.6 Å². The molecule has 5 aromatic rings. The van der Waals surface area contributed by atoms with E-state index in [-0.39, 0.29) is 42.0 Å². The van der Waals surface area contributed by atoms with Crippen LogP contribution in [0.5, 0.6) is 0 Å². The molecule has 0 bridgehead atoms. The van der Waals surface area contributed by atoms with E-state index in [9.17, 15) is 13.2 Å². The Labute approximate surface area is 231 Å². The number of nitrogens with zero attached hydrogens (tertiary/aromatic N) is 3. The molecule has 0 radical (unpaired) electrons. The first-order valence-corrected chi connectivity index (χ1v) is 11.4. The quantitative estimate of drug-likeness (QED) is 0.369. The molecule has 0 fully saturated rings. The summed E-state index contributed by atoms with van der Waals surface area (Å²) in [5, 5.41) is 4.86. The summed E-state index contributed by atoms with van der Waals surface area (Å²) in [6.07, 6.45) is -4.43. The number of fused-ring (bicyclic) bond motifs is 1. The SMILES string of the molecule is CC(C)(C)c1cc(-c2nc3ccc(-c4ccccc4C(F)(F)F)cc3[nH]2)n(Cc2ccccc2)n1.[H-].[Na+]. The van der Waals surface area contributed by atoms with Crippen molar-refractivity contribution in [3.05, 3.63) is 95.7 Å². The van der Waals surface area contributed by atoms with Gasteiger partial charge in [0.05, 0.1) is 28.8 Å². The summed E-state index contributed by atoms with van der Waals surface area (Å²) in [6.45, 7) is 6.90. The number of hydrogen-bond acceptors (Lipinski definition) is 2. The van der Waals surface area contributed by atoms with Gasteiger partial charge in [0.1, 0.15) is 5.69 Å². The van der Waals surface area contributed by atoms with Crippen LogP contribution in [0.2, 0.25) is 0 Å². The standard InChI is InChI=1S/C28H25F3N4.Na.H/c1-27(2,3)25-16-24(35(34-25)17-18-9-5-4-6-10-18)26-32-22-14-13-19(15-23(22)33-26)20-11-7-8-12-21(20)28(29,30)31;;/h4-16H,17H2,1-3H3,(H,32,33);;/q;+1;-1. The van der Waals surface area contributed by atoms with E-state index in [1.54, 1.807) is 24.3 Å². The summed E-state index contributed by atoms with van der Waals surface area (Å²) in [6, 6.07) is 22.8. The summed E-state index contributed by atoms with van der Waals surface area (Å²) >= 11 is 0. The van der Waals surface area contributed by atoms with Gasteiger partial charge in [0.15, 0.2) is 5.82 Å². The van der Waals surface area contributed by atoms with Crippen LogP contribution in [0.3, 0.4) is 0 Å². The molecule has 0 aliphatic heterocycles. The van der Waals surface area contributed by atoms with Crippen LogP contribution >= 0.6 is 0 Å². The van der Waals surface area contributed by atoms with Crippen molar-refractivity contribution < 1.29 is 44.2 Å². The first-order chi connectivity index (χ1) is 16.6. The van der Waals surface area contributed by atoms with Gasteiger partial charge in [0, 0.05) is 5.41 Å². The molecule has 0 unspecified atom stereocenters. The minimum Gasteiger partial charge on any atom is -1.00 e. The number of halogens is 3. The smallest absolute Gasteiger partial charge is 1.00 e. The van der Waals surface area contributed by atoms with Crippen LogP contribution in [-0.2, 0) is 18.1 Å². The predicted octanol–water partition coefficient (Wildman–Crippen LogP) is 4.57. The average molecular weight is 499 g/mol. The maximum absolute atomic E-state index is 13.6. The zero-order valence-electron chi connectivity index (χ0n) is 21.7. The van der Waals surface area contributed by atoms with Gasteiger partial charge in [-0.15, -0.1) is 0 Å². The van der Waals surface area contributed by atoms with Gasteiger partial charge in [-0.3, -0.25) is 4.68 Å². The maximum atomic E-state index is 13.6. The van der Waals surface area contributed by atoms with Gasteiger partial charge >= 0.3 is 35.7 Å². The molecule has 0 spiro atoms. The third kappa shape index (κ3) is 5.28. The fourth-order valence-electron chi connectivity index (χ4n) is 4.13. The number of H-pyrrole nitrogens is 1. The van der Waals surface area contributed by atoms with Gasteiger partial charge in [-0.25, -0.2) is 4.98 Å². The normalized spacial score (nSPS) is 12.1. The molecule has 36 heavy (non-hydrogen) atoms. The number of imidazole rings is 1. The fourth-order valence-corrected chi connectivity index (χ4v) is 4.13. The molecule has 1 N–H and O–H groups in total. The van der Waals surface area contributed by atoms with Gasteiger partial charge in [-0.1, -0.05) is 75.4 Å². The molecule has 0 atom stereocenters. The predicted molar refractivity (Wildman–Crippen MR) is 133 cm³/mol. The van der Waals surface area contributed by atoms with Gasteiger partial charge in [-0.2, -0.15) is 18.3 Å². The number of hydrogen-bond donors (Lipinski definition) is 1. The summed E-state index contributed by atoms with van der Waals surface area (Å²) in [4.78, 5) is 8.07. The second-order valence-corrected chi connectivity index (χ2v) is 9.67. The maximum Gasteiger partial charge on any atom is 1.00 e. The molecule has 0 aliphatic rings. The van der Waals surface area contributed by atoms with Crippen LogP contribution in [0, 0.1) is 0 Å². The first kappa shape index (κ1) is 26.2. The molecule has 180 valence electrons. The Morgan fingerprint density at radius 2 is 1.58 bits per heavy atom. The zero-order valence-corrected chi connectivity index (χ0v) is 22.7. The van der Waals surface area contributed by atoms with Crippen LogP contribution in [0.4, 0.5) is 13.2 Å². The zero-order chi connectivity index (χ0) is 24.8. The van der Waals surface area contributed by atoms with E-state index < -0.39 is 11.7 Å². The van der Waals surface area contributed by atoms with E-state index in [1.807, 2.05) is 41.1 Å². The van der Waals surface area contributed by atoms with Crippen LogP contribution in [0.1, 0.15) is 39.0 Å². The molecule has 0 aliphatic carbocycles. The van der Waals surface area contributed by atoms with Crippen molar-refractivity contribution in [2.24, 2.45) is 0 Å². The summed E-state index contributed by atoms with van der Waals surface area (Å²) in [5.74, 6) is 0.625. The fraction of sp³-hybridized carbons (Fsp3) is 0.214. The summed E-state index contributed by atoms with van der Waals surface area (Å²) < 4.78 is 42.6. The van der Waals surface area contributed by atoms with Crippen molar-refractivity contribution in [2.75, 3.05) is 0 Å². The van der Waals surface area contributed by atoms with Crippen molar-refractivity contribution in [2.45, 2.75) is 38.9 Å². The van der Waals surface area contributed by atoms with Crippen molar-refractivity contribution >= 4 is 11.0 Å². The Kier molecular flexibility index (Phi) is 7.19. The molecule has 5 rings (SSSR count). The number of nitrogens with one attached hydrogen (secondary N) is 1. The van der Waals surface area contributed by atoms with Crippen LogP contribution in [0.25, 0.3) is 33.7 Å². The number of alkyl halides is 3. The Balaban J connectivity index is 0.00000190. The molecule has 4 nitrogen and oxygen atoms in total. The van der Waals surface area contributed by atoms with Gasteiger partial charge < -0.3 is 6.41 Å². The second-order valence-electron chi connectivity index (χ2n) is 9.67. The Bertz CT molecular complexity index is 1500. The Hall–Kier alpha value is -2.87. The number of aromatic nitrogens is 4. The number of aromatic amines is 1. The monoisotopic (exact) mass is 498 g/mol. The van der Waals surface area contributed by atoms with E-state index in [1.165, 1.54) is 12.1 Å². The van der Waals surface area contributed by atoms with Gasteiger partial charge in [0.2, 0.25) is 0 Å². The third-order valence-corrected chi connectivity index (χ3v) is 5.99. The molecule has 0 saturated heterocycles. The topological polar surface area (TPSA) is 46.5 Å². The van der Waals surface area contributed by atoms with E-state index in [0.717, 1.165) is 23.0 Å². The van der Waals surface area contributed by atoms with Gasteiger partial charge in [-0.05, 0) is 41.0 Å². The largest absolute Gasteiger partial charge is 1.00 e. The Morgan fingerprint density at radius 1 is 0.889 bits per heavy atom. The second kappa shape index (κ2) is 9.88. The van der Waals surface area contributed by atoms with Crippen molar-refractivity contribution in [1.82, 2.24) is 19.7 Å². The molecular weight excluding hydrogens is 472 g/mol. The Morgan fingerprint density at radius 3 is 2.28 bits per heavy atom. The molecule has 2 aromatic heterocycles. The van der Waals surface area contributed by atoms with E-state index in [4.69, 9.17) is 10.1 Å². The van der Waals surface area contributed by atoms with Crippen LogP contribution in [-0.4, -0.2) is 19.7 Å². The van der Waals surface area contributed by atoms with E-state index >= 15 is 0 Å². The third-order valence-electron chi connectivity index (χ3n) is 5.99. The summed E-state index contributed by atoms with van der Waals surface area (Å²) in [5.41, 5.74) is 4.02.